The van der Waals surface area contributed by atoms with E-state index in [1.54, 1.807) is 6.20 Å². The smallest absolute Gasteiger partial charge is 0.227 e. The number of hydrogen-bond acceptors (Lipinski definition) is 3. The number of amides is 2. The van der Waals surface area contributed by atoms with Crippen molar-refractivity contribution in [3.8, 4) is 11.1 Å². The molecule has 158 valence electrons. The molecular weight excluding hydrogens is 386 g/mol. The lowest BCUT2D eigenvalue weighted by Crippen LogP contribution is -2.53. The van der Waals surface area contributed by atoms with Crippen LogP contribution < -0.4 is 5.73 Å². The number of likely N-dealkylation sites (tertiary alicyclic amines) is 1. The van der Waals surface area contributed by atoms with Gasteiger partial charge in [0.15, 0.2) is 0 Å². The fraction of sp³-hybridized carbons (Fsp3) is 0.269. The van der Waals surface area contributed by atoms with Gasteiger partial charge in [-0.05, 0) is 47.6 Å². The first-order valence-corrected chi connectivity index (χ1v) is 10.7. The Kier molecular flexibility index (Phi) is 6.12. The Morgan fingerprint density at radius 2 is 1.74 bits per heavy atom. The Bertz CT molecular complexity index is 1050. The van der Waals surface area contributed by atoms with Gasteiger partial charge < -0.3 is 10.6 Å². The SMILES string of the molecule is NC(=O)[C@@]1(Cc2cccc(-c3cccnc3)c2)CCCN(C(=O)Cc2ccccc2)C1. The van der Waals surface area contributed by atoms with Gasteiger partial charge in [-0.2, -0.15) is 0 Å². The van der Waals surface area contributed by atoms with E-state index in [4.69, 9.17) is 5.73 Å². The highest BCUT2D eigenvalue weighted by atomic mass is 16.2. The molecule has 0 unspecified atom stereocenters. The molecule has 2 amide bonds. The molecule has 5 heteroatoms. The van der Waals surface area contributed by atoms with Crippen molar-refractivity contribution >= 4 is 11.8 Å². The second-order valence-electron chi connectivity index (χ2n) is 8.34. The molecule has 1 aromatic heterocycles. The summed E-state index contributed by atoms with van der Waals surface area (Å²) in [6.45, 7) is 1.03. The lowest BCUT2D eigenvalue weighted by atomic mass is 9.74. The van der Waals surface area contributed by atoms with Crippen molar-refractivity contribution in [2.45, 2.75) is 25.7 Å². The van der Waals surface area contributed by atoms with E-state index < -0.39 is 5.41 Å². The zero-order valence-electron chi connectivity index (χ0n) is 17.5. The van der Waals surface area contributed by atoms with E-state index in [1.165, 1.54) is 0 Å². The van der Waals surface area contributed by atoms with E-state index in [9.17, 15) is 9.59 Å². The summed E-state index contributed by atoms with van der Waals surface area (Å²) < 4.78 is 0. The van der Waals surface area contributed by atoms with Gasteiger partial charge in [0.1, 0.15) is 0 Å². The van der Waals surface area contributed by atoms with Crippen LogP contribution in [-0.2, 0) is 22.4 Å². The van der Waals surface area contributed by atoms with Crippen molar-refractivity contribution in [1.29, 1.82) is 0 Å². The van der Waals surface area contributed by atoms with Gasteiger partial charge in [0.2, 0.25) is 11.8 Å². The summed E-state index contributed by atoms with van der Waals surface area (Å²) in [7, 11) is 0. The highest BCUT2D eigenvalue weighted by Crippen LogP contribution is 2.35. The van der Waals surface area contributed by atoms with E-state index in [2.05, 4.69) is 11.1 Å². The molecule has 0 radical (unpaired) electrons. The topological polar surface area (TPSA) is 76.3 Å². The second kappa shape index (κ2) is 9.13. The lowest BCUT2D eigenvalue weighted by molar-refractivity contribution is -0.139. The minimum Gasteiger partial charge on any atom is -0.369 e. The first kappa shape index (κ1) is 20.8. The quantitative estimate of drug-likeness (QED) is 0.670. The number of aromatic nitrogens is 1. The number of hydrogen-bond donors (Lipinski definition) is 1. The summed E-state index contributed by atoms with van der Waals surface area (Å²) in [5, 5.41) is 0. The number of rotatable bonds is 6. The largest absolute Gasteiger partial charge is 0.369 e. The molecule has 1 saturated heterocycles. The predicted octanol–water partition coefficient (Wildman–Crippen LogP) is 3.63. The number of benzene rings is 2. The number of nitrogens with two attached hydrogens (primary N) is 1. The van der Waals surface area contributed by atoms with Crippen molar-refractivity contribution in [3.05, 3.63) is 90.3 Å². The van der Waals surface area contributed by atoms with Crippen molar-refractivity contribution in [1.82, 2.24) is 9.88 Å². The molecule has 1 atom stereocenters. The second-order valence-corrected chi connectivity index (χ2v) is 8.34. The fourth-order valence-electron chi connectivity index (χ4n) is 4.44. The molecule has 0 aliphatic carbocycles. The van der Waals surface area contributed by atoms with Gasteiger partial charge in [-0.15, -0.1) is 0 Å². The average Bonchev–Trinajstić information content (AvgIpc) is 2.80. The van der Waals surface area contributed by atoms with Crippen LogP contribution in [0, 0.1) is 5.41 Å². The number of carbonyl (C=O) groups is 2. The Balaban J connectivity index is 1.53. The van der Waals surface area contributed by atoms with Gasteiger partial charge in [0, 0.05) is 25.5 Å². The zero-order valence-corrected chi connectivity index (χ0v) is 17.5. The molecule has 0 spiro atoms. The summed E-state index contributed by atoms with van der Waals surface area (Å²) in [4.78, 5) is 31.6. The van der Waals surface area contributed by atoms with Crippen LogP contribution in [0.15, 0.2) is 79.1 Å². The maximum Gasteiger partial charge on any atom is 0.227 e. The summed E-state index contributed by atoms with van der Waals surface area (Å²) in [6.07, 6.45) is 5.89. The lowest BCUT2D eigenvalue weighted by Gasteiger charge is -2.41. The third kappa shape index (κ3) is 4.82. The molecule has 3 aromatic rings. The van der Waals surface area contributed by atoms with Crippen molar-refractivity contribution in [2.75, 3.05) is 13.1 Å². The van der Waals surface area contributed by atoms with Crippen LogP contribution in [0.2, 0.25) is 0 Å². The standard InChI is InChI=1S/C26H27N3O2/c27-25(31)26(17-21-9-4-10-22(15-21)23-11-5-13-28-18-23)12-6-14-29(19-26)24(30)16-20-7-2-1-3-8-20/h1-5,7-11,13,15,18H,6,12,14,16-17,19H2,(H2,27,31)/t26-/m1/s1. The molecule has 2 aromatic carbocycles. The molecule has 0 bridgehead atoms. The molecule has 31 heavy (non-hydrogen) atoms. The molecule has 2 heterocycles. The molecule has 1 aliphatic rings. The molecule has 0 saturated carbocycles. The first-order valence-electron chi connectivity index (χ1n) is 10.7. The van der Waals surface area contributed by atoms with Crippen molar-refractivity contribution < 1.29 is 9.59 Å². The van der Waals surface area contributed by atoms with Crippen molar-refractivity contribution in [3.63, 3.8) is 0 Å². The Morgan fingerprint density at radius 1 is 0.968 bits per heavy atom. The number of primary amides is 1. The van der Waals surface area contributed by atoms with Gasteiger partial charge >= 0.3 is 0 Å². The summed E-state index contributed by atoms with van der Waals surface area (Å²) >= 11 is 0. The number of carbonyl (C=O) groups excluding carboxylic acids is 2. The van der Waals surface area contributed by atoms with Gasteiger partial charge in [-0.1, -0.05) is 60.7 Å². The molecule has 1 aliphatic heterocycles. The first-order chi connectivity index (χ1) is 15.1. The Hall–Kier alpha value is -3.47. The third-order valence-electron chi connectivity index (χ3n) is 6.11. The highest BCUT2D eigenvalue weighted by Gasteiger charge is 2.42. The van der Waals surface area contributed by atoms with Gasteiger partial charge in [0.25, 0.3) is 0 Å². The van der Waals surface area contributed by atoms with E-state index in [0.29, 0.717) is 32.4 Å². The van der Waals surface area contributed by atoms with Crippen LogP contribution in [0.1, 0.15) is 24.0 Å². The molecular formula is C26H27N3O2. The van der Waals surface area contributed by atoms with Crippen LogP contribution >= 0.6 is 0 Å². The van der Waals surface area contributed by atoms with Crippen molar-refractivity contribution in [2.24, 2.45) is 11.1 Å². The van der Waals surface area contributed by atoms with E-state index >= 15 is 0 Å². The Labute approximate surface area is 182 Å². The zero-order chi connectivity index (χ0) is 21.7. The monoisotopic (exact) mass is 413 g/mol. The van der Waals surface area contributed by atoms with Crippen LogP contribution in [0.3, 0.4) is 0 Å². The molecule has 1 fully saturated rings. The highest BCUT2D eigenvalue weighted by molar-refractivity contribution is 5.84. The van der Waals surface area contributed by atoms with Crippen LogP contribution in [0.25, 0.3) is 11.1 Å². The number of nitrogens with zero attached hydrogens (tertiary/aromatic N) is 2. The molecule has 2 N–H and O–H groups in total. The van der Waals surface area contributed by atoms with Gasteiger partial charge in [-0.25, -0.2) is 0 Å². The van der Waals surface area contributed by atoms with Crippen LogP contribution in [-0.4, -0.2) is 34.8 Å². The minimum absolute atomic E-state index is 0.0423. The number of pyridine rings is 1. The van der Waals surface area contributed by atoms with E-state index in [0.717, 1.165) is 28.7 Å². The predicted molar refractivity (Wildman–Crippen MR) is 121 cm³/mol. The maximum absolute atomic E-state index is 12.9. The third-order valence-corrected chi connectivity index (χ3v) is 6.11. The summed E-state index contributed by atoms with van der Waals surface area (Å²) in [5.41, 5.74) is 9.28. The van der Waals surface area contributed by atoms with E-state index in [-0.39, 0.29) is 11.8 Å². The number of piperidine rings is 1. The summed E-state index contributed by atoms with van der Waals surface area (Å²) in [5.74, 6) is -0.294. The fourth-order valence-corrected chi connectivity index (χ4v) is 4.44. The minimum atomic E-state index is -0.752. The summed E-state index contributed by atoms with van der Waals surface area (Å²) in [6, 6.07) is 21.8. The normalized spacial score (nSPS) is 18.5. The van der Waals surface area contributed by atoms with Gasteiger partial charge in [-0.3, -0.25) is 14.6 Å². The molecule has 4 rings (SSSR count). The van der Waals surface area contributed by atoms with Crippen LogP contribution in [0.4, 0.5) is 0 Å². The van der Waals surface area contributed by atoms with E-state index in [1.807, 2.05) is 71.8 Å². The Morgan fingerprint density at radius 3 is 2.48 bits per heavy atom. The maximum atomic E-state index is 12.9. The van der Waals surface area contributed by atoms with Gasteiger partial charge in [0.05, 0.1) is 11.8 Å². The molecule has 5 nitrogen and oxygen atoms in total. The average molecular weight is 414 g/mol. The van der Waals surface area contributed by atoms with Crippen LogP contribution in [0.5, 0.6) is 0 Å².